The first-order valence-corrected chi connectivity index (χ1v) is 8.71. The van der Waals surface area contributed by atoms with E-state index in [0.717, 1.165) is 48.4 Å². The van der Waals surface area contributed by atoms with E-state index in [0.29, 0.717) is 6.54 Å². The molecule has 0 bridgehead atoms. The molecule has 0 N–H and O–H groups in total. The van der Waals surface area contributed by atoms with Crippen LogP contribution in [0.2, 0.25) is 0 Å². The fourth-order valence-corrected chi connectivity index (χ4v) is 3.73. The summed E-state index contributed by atoms with van der Waals surface area (Å²) in [5.74, 6) is 0.856. The summed E-state index contributed by atoms with van der Waals surface area (Å²) in [7, 11) is 0. The topological polar surface area (TPSA) is 62.2 Å². The van der Waals surface area contributed by atoms with E-state index >= 15 is 0 Å². The summed E-state index contributed by atoms with van der Waals surface area (Å²) in [6.07, 6.45) is 2.92. The molecule has 122 valence electrons. The molecule has 1 aliphatic rings. The van der Waals surface area contributed by atoms with Gasteiger partial charge < -0.3 is 0 Å². The maximum absolute atomic E-state index is 11.6. The van der Waals surface area contributed by atoms with Gasteiger partial charge in [0.2, 0.25) is 5.91 Å². The van der Waals surface area contributed by atoms with Gasteiger partial charge in [-0.25, -0.2) is 15.0 Å². The highest BCUT2D eigenvalue weighted by molar-refractivity contribution is 7.14. The number of aromatic nitrogens is 3. The van der Waals surface area contributed by atoms with Crippen LogP contribution >= 0.6 is 11.3 Å². The first-order valence-electron chi connectivity index (χ1n) is 7.83. The van der Waals surface area contributed by atoms with Gasteiger partial charge in [0.1, 0.15) is 5.82 Å². The van der Waals surface area contributed by atoms with Crippen molar-refractivity contribution in [3.8, 4) is 0 Å². The van der Waals surface area contributed by atoms with Crippen molar-refractivity contribution < 1.29 is 4.79 Å². The molecule has 1 aliphatic heterocycles. The van der Waals surface area contributed by atoms with Crippen LogP contribution in [-0.2, 0) is 24.3 Å². The predicted octanol–water partition coefficient (Wildman–Crippen LogP) is 2.17. The van der Waals surface area contributed by atoms with E-state index in [1.807, 2.05) is 25.4 Å². The van der Waals surface area contributed by atoms with Crippen molar-refractivity contribution in [2.24, 2.45) is 0 Å². The van der Waals surface area contributed by atoms with Crippen LogP contribution in [0.1, 0.15) is 36.6 Å². The van der Waals surface area contributed by atoms with Crippen molar-refractivity contribution in [2.45, 2.75) is 40.3 Å². The maximum atomic E-state index is 11.6. The first-order chi connectivity index (χ1) is 11.1. The average Bonchev–Trinajstić information content (AvgIpc) is 2.95. The van der Waals surface area contributed by atoms with Crippen molar-refractivity contribution in [3.63, 3.8) is 0 Å². The van der Waals surface area contributed by atoms with E-state index in [1.165, 1.54) is 16.9 Å². The van der Waals surface area contributed by atoms with E-state index in [2.05, 4.69) is 19.9 Å². The minimum Gasteiger partial charge on any atom is -0.291 e. The van der Waals surface area contributed by atoms with Crippen molar-refractivity contribution in [1.82, 2.24) is 19.9 Å². The third kappa shape index (κ3) is 3.56. The van der Waals surface area contributed by atoms with Crippen LogP contribution in [0, 0.1) is 6.92 Å². The zero-order valence-corrected chi connectivity index (χ0v) is 14.6. The van der Waals surface area contributed by atoms with E-state index in [4.69, 9.17) is 0 Å². The summed E-state index contributed by atoms with van der Waals surface area (Å²) in [6, 6.07) is 0. The molecule has 0 aliphatic carbocycles. The second-order valence-electron chi connectivity index (χ2n) is 5.73. The number of aryl methyl sites for hydroxylation is 1. The van der Waals surface area contributed by atoms with E-state index < -0.39 is 0 Å². The largest absolute Gasteiger partial charge is 0.291 e. The quantitative estimate of drug-likeness (QED) is 0.859. The van der Waals surface area contributed by atoms with Crippen molar-refractivity contribution in [3.05, 3.63) is 34.4 Å². The number of hydrogen-bond donors (Lipinski definition) is 0. The fourth-order valence-electron chi connectivity index (χ4n) is 2.81. The third-order valence-electron chi connectivity index (χ3n) is 4.00. The zero-order chi connectivity index (χ0) is 16.4. The zero-order valence-electron chi connectivity index (χ0n) is 13.7. The van der Waals surface area contributed by atoms with E-state index in [1.54, 1.807) is 11.8 Å². The molecular formula is C16H21N5OS. The normalized spacial score (nSPS) is 14.6. The van der Waals surface area contributed by atoms with Crippen LogP contribution in [0.25, 0.3) is 0 Å². The molecule has 23 heavy (non-hydrogen) atoms. The lowest BCUT2D eigenvalue weighted by Crippen LogP contribution is -2.31. The molecule has 3 heterocycles. The number of carbonyl (C=O) groups is 1. The van der Waals surface area contributed by atoms with Gasteiger partial charge in [0.05, 0.1) is 11.4 Å². The van der Waals surface area contributed by atoms with Crippen LogP contribution in [-0.4, -0.2) is 38.8 Å². The lowest BCUT2D eigenvalue weighted by Gasteiger charge is -2.27. The van der Waals surface area contributed by atoms with Crippen LogP contribution < -0.4 is 4.90 Å². The van der Waals surface area contributed by atoms with Gasteiger partial charge in [-0.05, 0) is 25.8 Å². The Morgan fingerprint density at radius 1 is 1.43 bits per heavy atom. The van der Waals surface area contributed by atoms with Gasteiger partial charge in [0.25, 0.3) is 0 Å². The second-order valence-corrected chi connectivity index (χ2v) is 6.57. The molecule has 3 rings (SSSR count). The summed E-state index contributed by atoms with van der Waals surface area (Å²) < 4.78 is 0. The lowest BCUT2D eigenvalue weighted by atomic mass is 10.1. The smallest absolute Gasteiger partial charge is 0.225 e. The maximum Gasteiger partial charge on any atom is 0.225 e. The molecule has 0 saturated carbocycles. The number of carbonyl (C=O) groups excluding carboxylic acids is 1. The highest BCUT2D eigenvalue weighted by Crippen LogP contribution is 2.23. The number of thiazole rings is 1. The number of amides is 1. The number of nitrogens with zero attached hydrogens (tertiary/aromatic N) is 5. The summed E-state index contributed by atoms with van der Waals surface area (Å²) in [4.78, 5) is 29.1. The van der Waals surface area contributed by atoms with Gasteiger partial charge in [-0.15, -0.1) is 11.3 Å². The molecule has 0 aromatic carbocycles. The van der Waals surface area contributed by atoms with Gasteiger partial charge in [-0.1, -0.05) is 0 Å². The summed E-state index contributed by atoms with van der Waals surface area (Å²) >= 11 is 1.53. The van der Waals surface area contributed by atoms with Crippen molar-refractivity contribution >= 4 is 22.4 Å². The highest BCUT2D eigenvalue weighted by atomic mass is 32.1. The average molecular weight is 331 g/mol. The minimum atomic E-state index is 0.0347. The summed E-state index contributed by atoms with van der Waals surface area (Å²) in [5.41, 5.74) is 3.39. The molecule has 0 atom stereocenters. The number of fused-ring (bicyclic) bond motifs is 1. The standard InChI is InChI=1S/C16H21N5OS/c1-4-21(12(3)22)16-19-14(10-23-16)8-20-6-5-13-7-17-11(2)18-15(13)9-20/h7,10H,4-6,8-9H2,1-3H3. The molecule has 0 fully saturated rings. The Bertz CT molecular complexity index is 714. The van der Waals surface area contributed by atoms with Crippen molar-refractivity contribution in [1.29, 1.82) is 0 Å². The van der Waals surface area contributed by atoms with Gasteiger partial charge in [-0.3, -0.25) is 14.6 Å². The molecule has 7 heteroatoms. The summed E-state index contributed by atoms with van der Waals surface area (Å²) in [6.45, 7) is 8.71. The molecule has 1 amide bonds. The molecule has 0 spiro atoms. The molecule has 2 aromatic rings. The Labute approximate surface area is 140 Å². The Kier molecular flexibility index (Phi) is 4.68. The van der Waals surface area contributed by atoms with Crippen molar-refractivity contribution in [2.75, 3.05) is 18.0 Å². The first kappa shape index (κ1) is 16.0. The Balaban J connectivity index is 1.69. The molecule has 6 nitrogen and oxygen atoms in total. The SMILES string of the molecule is CCN(C(C)=O)c1nc(CN2CCc3cnc(C)nc3C2)cs1. The predicted molar refractivity (Wildman–Crippen MR) is 90.4 cm³/mol. The van der Waals surface area contributed by atoms with Gasteiger partial charge in [0, 0.05) is 44.7 Å². The Morgan fingerprint density at radius 3 is 3.00 bits per heavy atom. The molecule has 0 unspecified atom stereocenters. The van der Waals surface area contributed by atoms with Crippen LogP contribution in [0.4, 0.5) is 5.13 Å². The van der Waals surface area contributed by atoms with Crippen LogP contribution in [0.15, 0.2) is 11.6 Å². The lowest BCUT2D eigenvalue weighted by molar-refractivity contribution is -0.116. The highest BCUT2D eigenvalue weighted by Gasteiger charge is 2.20. The Hall–Kier alpha value is -1.86. The van der Waals surface area contributed by atoms with E-state index in [9.17, 15) is 4.79 Å². The second kappa shape index (κ2) is 6.72. The minimum absolute atomic E-state index is 0.0347. The number of hydrogen-bond acceptors (Lipinski definition) is 6. The summed E-state index contributed by atoms with van der Waals surface area (Å²) in [5, 5.41) is 2.83. The van der Waals surface area contributed by atoms with Gasteiger partial charge >= 0.3 is 0 Å². The van der Waals surface area contributed by atoms with Gasteiger partial charge in [-0.2, -0.15) is 0 Å². The fraction of sp³-hybridized carbons (Fsp3) is 0.500. The molecule has 0 saturated heterocycles. The Morgan fingerprint density at radius 2 is 2.26 bits per heavy atom. The van der Waals surface area contributed by atoms with Crippen LogP contribution in [0.5, 0.6) is 0 Å². The third-order valence-corrected chi connectivity index (χ3v) is 4.91. The monoisotopic (exact) mass is 331 g/mol. The number of rotatable bonds is 4. The molecule has 2 aromatic heterocycles. The molecular weight excluding hydrogens is 310 g/mol. The van der Waals surface area contributed by atoms with E-state index in [-0.39, 0.29) is 5.91 Å². The molecule has 0 radical (unpaired) electrons. The van der Waals surface area contributed by atoms with Gasteiger partial charge in [0.15, 0.2) is 5.13 Å². The number of anilines is 1. The van der Waals surface area contributed by atoms with Crippen LogP contribution in [0.3, 0.4) is 0 Å².